The molecule has 1 fully saturated rings. The van der Waals surface area contributed by atoms with Gasteiger partial charge in [-0.1, -0.05) is 12.1 Å². The van der Waals surface area contributed by atoms with Crippen LogP contribution < -0.4 is 10.1 Å². The van der Waals surface area contributed by atoms with Crippen LogP contribution in [0.25, 0.3) is 0 Å². The molecule has 1 unspecified atom stereocenters. The molecule has 1 saturated heterocycles. The van der Waals surface area contributed by atoms with E-state index in [2.05, 4.69) is 32.3 Å². The van der Waals surface area contributed by atoms with Crippen LogP contribution in [-0.2, 0) is 6.54 Å². The molecular weight excluding hydrogens is 443 g/mol. The summed E-state index contributed by atoms with van der Waals surface area (Å²) in [6, 6.07) is 8.36. The van der Waals surface area contributed by atoms with E-state index in [1.807, 2.05) is 33.0 Å². The fourth-order valence-corrected chi connectivity index (χ4v) is 3.20. The van der Waals surface area contributed by atoms with Crippen molar-refractivity contribution < 1.29 is 9.15 Å². The number of nitrogens with one attached hydrogen (secondary N) is 1. The lowest BCUT2D eigenvalue weighted by atomic mass is 9.98. The molecule has 0 radical (unpaired) electrons. The number of aryl methyl sites for hydroxylation is 2. The van der Waals surface area contributed by atoms with Gasteiger partial charge in [0.25, 0.3) is 0 Å². The monoisotopic (exact) mass is 470 g/mol. The molecule has 1 N–H and O–H groups in total. The third kappa shape index (κ3) is 4.69. The highest BCUT2D eigenvalue weighted by Crippen LogP contribution is 2.28. The Balaban J connectivity index is 0.00000243. The molecule has 1 atom stereocenters. The van der Waals surface area contributed by atoms with E-state index in [-0.39, 0.29) is 24.0 Å². The Kier molecular flexibility index (Phi) is 7.31. The van der Waals surface area contributed by atoms with Gasteiger partial charge in [-0.15, -0.1) is 24.0 Å². The van der Waals surface area contributed by atoms with Crippen LogP contribution in [0.5, 0.6) is 5.75 Å². The number of methoxy groups -OCH3 is 1. The molecule has 1 aliphatic rings. The van der Waals surface area contributed by atoms with Gasteiger partial charge in [0, 0.05) is 26.1 Å². The van der Waals surface area contributed by atoms with Crippen LogP contribution in [0.15, 0.2) is 33.7 Å². The number of aliphatic imine (C=N–C) groups is 1. The van der Waals surface area contributed by atoms with Crippen molar-refractivity contribution in [3.63, 3.8) is 0 Å². The van der Waals surface area contributed by atoms with Gasteiger partial charge in [-0.25, -0.2) is 4.98 Å². The molecule has 7 heteroatoms. The minimum atomic E-state index is 0. The first-order valence-corrected chi connectivity index (χ1v) is 8.63. The molecule has 26 heavy (non-hydrogen) atoms. The van der Waals surface area contributed by atoms with Gasteiger partial charge >= 0.3 is 0 Å². The predicted molar refractivity (Wildman–Crippen MR) is 114 cm³/mol. The summed E-state index contributed by atoms with van der Waals surface area (Å²) in [6.45, 7) is 6.37. The molecule has 3 rings (SSSR count). The smallest absolute Gasteiger partial charge is 0.214 e. The Morgan fingerprint density at radius 2 is 2.08 bits per heavy atom. The van der Waals surface area contributed by atoms with Gasteiger partial charge in [0.2, 0.25) is 5.89 Å². The highest BCUT2D eigenvalue weighted by atomic mass is 127. The number of benzene rings is 1. The quantitative estimate of drug-likeness (QED) is 0.421. The molecule has 2 aromatic rings. The van der Waals surface area contributed by atoms with Crippen LogP contribution in [-0.4, -0.2) is 43.1 Å². The third-order valence-electron chi connectivity index (χ3n) is 4.76. The highest BCUT2D eigenvalue weighted by Gasteiger charge is 2.26. The number of rotatable bonds is 4. The molecule has 1 aromatic heterocycles. The van der Waals surface area contributed by atoms with Crippen molar-refractivity contribution >= 4 is 29.9 Å². The minimum Gasteiger partial charge on any atom is -0.497 e. The number of halogens is 1. The zero-order chi connectivity index (χ0) is 17.8. The van der Waals surface area contributed by atoms with Crippen LogP contribution >= 0.6 is 24.0 Å². The first kappa shape index (κ1) is 20.5. The van der Waals surface area contributed by atoms with Crippen molar-refractivity contribution in [2.45, 2.75) is 32.7 Å². The molecular formula is C19H27IN4O2. The number of aromatic nitrogens is 1. The van der Waals surface area contributed by atoms with E-state index in [1.54, 1.807) is 7.11 Å². The lowest BCUT2D eigenvalue weighted by Gasteiger charge is -2.21. The zero-order valence-electron chi connectivity index (χ0n) is 15.8. The molecule has 0 amide bonds. The summed E-state index contributed by atoms with van der Waals surface area (Å²) in [4.78, 5) is 11.1. The number of nitrogens with zero attached hydrogens (tertiary/aromatic N) is 3. The normalized spacial score (nSPS) is 17.2. The molecule has 0 aliphatic carbocycles. The number of oxazole rings is 1. The summed E-state index contributed by atoms with van der Waals surface area (Å²) in [7, 11) is 3.51. The van der Waals surface area contributed by atoms with E-state index in [4.69, 9.17) is 9.15 Å². The number of likely N-dealkylation sites (tertiary alicyclic amines) is 1. The molecule has 6 nitrogen and oxygen atoms in total. The maximum absolute atomic E-state index is 5.63. The minimum absolute atomic E-state index is 0. The lowest BCUT2D eigenvalue weighted by molar-refractivity contribution is 0.414. The van der Waals surface area contributed by atoms with Crippen molar-refractivity contribution in [2.24, 2.45) is 4.99 Å². The summed E-state index contributed by atoms with van der Waals surface area (Å²) >= 11 is 0. The molecule has 1 aromatic carbocycles. The van der Waals surface area contributed by atoms with Crippen LogP contribution in [0.2, 0.25) is 0 Å². The fraction of sp³-hybridized carbons (Fsp3) is 0.474. The SMILES string of the molecule is CN=C(NCc1nc(C)c(C)o1)N1CCC(c2ccc(OC)cc2)C1.I. The molecule has 2 heterocycles. The van der Waals surface area contributed by atoms with Crippen molar-refractivity contribution in [2.75, 3.05) is 27.2 Å². The summed E-state index contributed by atoms with van der Waals surface area (Å²) in [6.07, 6.45) is 1.12. The topological polar surface area (TPSA) is 62.9 Å². The van der Waals surface area contributed by atoms with Gasteiger partial charge < -0.3 is 19.4 Å². The van der Waals surface area contributed by atoms with E-state index >= 15 is 0 Å². The number of guanidine groups is 1. The Hall–Kier alpha value is -1.77. The largest absolute Gasteiger partial charge is 0.497 e. The molecule has 0 spiro atoms. The summed E-state index contributed by atoms with van der Waals surface area (Å²) in [5.74, 6) is 3.86. The van der Waals surface area contributed by atoms with E-state index in [1.165, 1.54) is 5.56 Å². The summed E-state index contributed by atoms with van der Waals surface area (Å²) < 4.78 is 10.9. The van der Waals surface area contributed by atoms with E-state index < -0.39 is 0 Å². The van der Waals surface area contributed by atoms with E-state index in [0.29, 0.717) is 18.4 Å². The van der Waals surface area contributed by atoms with Gasteiger partial charge in [0.1, 0.15) is 11.5 Å². The van der Waals surface area contributed by atoms with Gasteiger partial charge in [0.05, 0.1) is 19.3 Å². The van der Waals surface area contributed by atoms with E-state index in [9.17, 15) is 0 Å². The average Bonchev–Trinajstić information content (AvgIpc) is 3.23. The molecule has 0 saturated carbocycles. The van der Waals surface area contributed by atoms with Crippen molar-refractivity contribution in [3.05, 3.63) is 47.2 Å². The Morgan fingerprint density at radius 1 is 1.35 bits per heavy atom. The average molecular weight is 470 g/mol. The van der Waals surface area contributed by atoms with Gasteiger partial charge in [-0.3, -0.25) is 4.99 Å². The van der Waals surface area contributed by atoms with Crippen LogP contribution in [0, 0.1) is 13.8 Å². The van der Waals surface area contributed by atoms with Crippen molar-refractivity contribution in [1.82, 2.24) is 15.2 Å². The lowest BCUT2D eigenvalue weighted by Crippen LogP contribution is -2.39. The maximum Gasteiger partial charge on any atom is 0.214 e. The first-order valence-electron chi connectivity index (χ1n) is 8.63. The maximum atomic E-state index is 5.63. The van der Waals surface area contributed by atoms with Crippen molar-refractivity contribution in [1.29, 1.82) is 0 Å². The summed E-state index contributed by atoms with van der Waals surface area (Å²) in [5, 5.41) is 3.36. The molecule has 142 valence electrons. The second-order valence-electron chi connectivity index (χ2n) is 6.35. The predicted octanol–water partition coefficient (Wildman–Crippen LogP) is 3.48. The third-order valence-corrected chi connectivity index (χ3v) is 4.76. The number of hydrogen-bond donors (Lipinski definition) is 1. The van der Waals surface area contributed by atoms with Gasteiger partial charge in [-0.05, 0) is 38.0 Å². The Labute approximate surface area is 172 Å². The summed E-state index contributed by atoms with van der Waals surface area (Å²) in [5.41, 5.74) is 2.28. The highest BCUT2D eigenvalue weighted by molar-refractivity contribution is 14.0. The second-order valence-corrected chi connectivity index (χ2v) is 6.35. The van der Waals surface area contributed by atoms with E-state index in [0.717, 1.165) is 42.7 Å². The standard InChI is InChI=1S/C19H26N4O2.HI/c1-13-14(2)25-18(22-13)11-21-19(20-3)23-10-9-16(12-23)15-5-7-17(24-4)8-6-15;/h5-8,16H,9-12H2,1-4H3,(H,20,21);1H. The first-order chi connectivity index (χ1) is 12.1. The second kappa shape index (κ2) is 9.25. The molecule has 0 bridgehead atoms. The Bertz CT molecular complexity index is 723. The number of ether oxygens (including phenoxy) is 1. The number of hydrogen-bond acceptors (Lipinski definition) is 4. The van der Waals surface area contributed by atoms with Crippen molar-refractivity contribution in [3.8, 4) is 5.75 Å². The van der Waals surface area contributed by atoms with Gasteiger partial charge in [0.15, 0.2) is 5.96 Å². The Morgan fingerprint density at radius 3 is 2.65 bits per heavy atom. The van der Waals surface area contributed by atoms with Crippen LogP contribution in [0.4, 0.5) is 0 Å². The van der Waals surface area contributed by atoms with Crippen LogP contribution in [0.1, 0.15) is 35.2 Å². The van der Waals surface area contributed by atoms with Crippen LogP contribution in [0.3, 0.4) is 0 Å². The fourth-order valence-electron chi connectivity index (χ4n) is 3.20. The van der Waals surface area contributed by atoms with Gasteiger partial charge in [-0.2, -0.15) is 0 Å². The molecule has 1 aliphatic heterocycles. The zero-order valence-corrected chi connectivity index (χ0v) is 18.1.